The Bertz CT molecular complexity index is 461. The molecule has 0 bridgehead atoms. The Hall–Kier alpha value is -0.970. The van der Waals surface area contributed by atoms with Gasteiger partial charge in [0, 0.05) is 28.8 Å². The van der Waals surface area contributed by atoms with Crippen LogP contribution in [0, 0.1) is 0 Å². The first-order valence-electron chi connectivity index (χ1n) is 6.10. The summed E-state index contributed by atoms with van der Waals surface area (Å²) in [7, 11) is 0. The minimum absolute atomic E-state index is 0.200. The van der Waals surface area contributed by atoms with Gasteiger partial charge in [0.2, 0.25) is 0 Å². The van der Waals surface area contributed by atoms with Crippen molar-refractivity contribution in [2.45, 2.75) is 25.4 Å². The minimum atomic E-state index is -0.670. The van der Waals surface area contributed by atoms with Crippen LogP contribution in [0.5, 0.6) is 0 Å². The van der Waals surface area contributed by atoms with E-state index in [1.54, 1.807) is 30.0 Å². The van der Waals surface area contributed by atoms with Gasteiger partial charge in [-0.3, -0.25) is 0 Å². The van der Waals surface area contributed by atoms with Gasteiger partial charge in [-0.05, 0) is 38.0 Å². The van der Waals surface area contributed by atoms with E-state index >= 15 is 0 Å². The molecule has 1 aromatic carbocycles. The summed E-state index contributed by atoms with van der Waals surface area (Å²) in [5.41, 5.74) is -0.101. The molecule has 104 valence electrons. The van der Waals surface area contributed by atoms with Gasteiger partial charge in [-0.15, -0.1) is 0 Å². The number of amides is 2. The summed E-state index contributed by atoms with van der Waals surface area (Å²) in [6.07, 6.45) is 1.16. The number of urea groups is 1. The van der Waals surface area contributed by atoms with Crippen LogP contribution in [0.25, 0.3) is 0 Å². The number of hydrogen-bond donors (Lipinski definition) is 2. The molecule has 4 nitrogen and oxygen atoms in total. The van der Waals surface area contributed by atoms with Gasteiger partial charge in [0.25, 0.3) is 0 Å². The van der Waals surface area contributed by atoms with Gasteiger partial charge in [-0.25, -0.2) is 4.79 Å². The average molecular weight is 303 g/mol. The maximum Gasteiger partial charge on any atom is 0.321 e. The van der Waals surface area contributed by atoms with Gasteiger partial charge >= 0.3 is 6.03 Å². The third kappa shape index (κ3) is 4.00. The highest BCUT2D eigenvalue weighted by atomic mass is 35.5. The van der Waals surface area contributed by atoms with Crippen molar-refractivity contribution < 1.29 is 9.90 Å². The molecule has 2 rings (SSSR count). The lowest BCUT2D eigenvalue weighted by atomic mass is 9.94. The minimum Gasteiger partial charge on any atom is -0.390 e. The Balaban J connectivity index is 1.98. The van der Waals surface area contributed by atoms with Crippen molar-refractivity contribution in [1.82, 2.24) is 4.90 Å². The molecule has 1 fully saturated rings. The zero-order valence-corrected chi connectivity index (χ0v) is 12.1. The zero-order valence-electron chi connectivity index (χ0n) is 10.6. The van der Waals surface area contributed by atoms with Crippen molar-refractivity contribution in [3.05, 3.63) is 28.2 Å². The average Bonchev–Trinajstić information content (AvgIpc) is 2.26. The summed E-state index contributed by atoms with van der Waals surface area (Å²) in [6, 6.07) is 4.70. The van der Waals surface area contributed by atoms with Crippen LogP contribution in [0.3, 0.4) is 0 Å². The molecule has 1 aliphatic heterocycles. The predicted molar refractivity (Wildman–Crippen MR) is 76.9 cm³/mol. The number of carbonyl (C=O) groups is 1. The summed E-state index contributed by atoms with van der Waals surface area (Å²) in [6.45, 7) is 2.86. The van der Waals surface area contributed by atoms with Gasteiger partial charge in [-0.2, -0.15) is 0 Å². The number of hydrogen-bond acceptors (Lipinski definition) is 2. The van der Waals surface area contributed by atoms with Crippen LogP contribution in [0.1, 0.15) is 19.8 Å². The molecule has 1 aliphatic rings. The number of likely N-dealkylation sites (tertiary alicyclic amines) is 1. The number of nitrogens with one attached hydrogen (secondary N) is 1. The standard InChI is InChI=1S/C13H16Cl2N2O2/c1-13(19)2-4-17(5-3-13)12(18)16-11-7-9(14)6-10(15)8-11/h6-8,19H,2-5H2,1H3,(H,16,18). The quantitative estimate of drug-likeness (QED) is 0.835. The van der Waals surface area contributed by atoms with Crippen molar-refractivity contribution in [3.63, 3.8) is 0 Å². The van der Waals surface area contributed by atoms with Crippen LogP contribution in [0.4, 0.5) is 10.5 Å². The molecule has 0 radical (unpaired) electrons. The molecular formula is C13H16Cl2N2O2. The molecule has 0 atom stereocenters. The molecule has 1 saturated heterocycles. The summed E-state index contributed by atoms with van der Waals surface area (Å²) in [5.74, 6) is 0. The molecule has 0 unspecified atom stereocenters. The second-order valence-electron chi connectivity index (χ2n) is 5.07. The molecule has 2 N–H and O–H groups in total. The Labute approximate surface area is 122 Å². The fraction of sp³-hybridized carbons (Fsp3) is 0.462. The first kappa shape index (κ1) is 14.4. The Kier molecular flexibility index (Phi) is 4.23. The summed E-state index contributed by atoms with van der Waals surface area (Å²) >= 11 is 11.7. The molecule has 1 aromatic rings. The largest absolute Gasteiger partial charge is 0.390 e. The van der Waals surface area contributed by atoms with E-state index in [1.807, 2.05) is 0 Å². The number of nitrogens with zero attached hydrogens (tertiary/aromatic N) is 1. The van der Waals surface area contributed by atoms with E-state index in [-0.39, 0.29) is 6.03 Å². The van der Waals surface area contributed by atoms with Crippen molar-refractivity contribution in [1.29, 1.82) is 0 Å². The topological polar surface area (TPSA) is 52.6 Å². The SMILES string of the molecule is CC1(O)CCN(C(=O)Nc2cc(Cl)cc(Cl)c2)CC1. The van der Waals surface area contributed by atoms with Crippen LogP contribution in [0.2, 0.25) is 10.0 Å². The second kappa shape index (κ2) is 5.57. The van der Waals surface area contributed by atoms with Crippen LogP contribution in [0.15, 0.2) is 18.2 Å². The molecule has 2 amide bonds. The van der Waals surface area contributed by atoms with Gasteiger partial charge in [0.1, 0.15) is 0 Å². The molecular weight excluding hydrogens is 287 g/mol. The van der Waals surface area contributed by atoms with E-state index in [1.165, 1.54) is 0 Å². The molecule has 0 saturated carbocycles. The number of benzene rings is 1. The monoisotopic (exact) mass is 302 g/mol. The highest BCUT2D eigenvalue weighted by Gasteiger charge is 2.29. The van der Waals surface area contributed by atoms with Gasteiger partial charge in [0.15, 0.2) is 0 Å². The first-order chi connectivity index (χ1) is 8.85. The summed E-state index contributed by atoms with van der Waals surface area (Å²) in [4.78, 5) is 13.7. The third-order valence-electron chi connectivity index (χ3n) is 3.24. The maximum atomic E-state index is 12.0. The molecule has 0 spiro atoms. The van der Waals surface area contributed by atoms with E-state index in [0.717, 1.165) is 0 Å². The zero-order chi connectivity index (χ0) is 14.0. The number of aliphatic hydroxyl groups is 1. The normalized spacial score (nSPS) is 18.2. The Morgan fingerprint density at radius 3 is 2.32 bits per heavy atom. The number of rotatable bonds is 1. The van der Waals surface area contributed by atoms with Gasteiger partial charge in [-0.1, -0.05) is 23.2 Å². The van der Waals surface area contributed by atoms with Crippen LogP contribution in [-0.4, -0.2) is 34.7 Å². The number of halogens is 2. The van der Waals surface area contributed by atoms with Crippen LogP contribution < -0.4 is 5.32 Å². The summed E-state index contributed by atoms with van der Waals surface area (Å²) < 4.78 is 0. The van der Waals surface area contributed by atoms with E-state index in [9.17, 15) is 9.90 Å². The van der Waals surface area contributed by atoms with E-state index in [0.29, 0.717) is 41.7 Å². The Morgan fingerprint density at radius 2 is 1.79 bits per heavy atom. The second-order valence-corrected chi connectivity index (χ2v) is 5.95. The molecule has 19 heavy (non-hydrogen) atoms. The fourth-order valence-corrected chi connectivity index (χ4v) is 2.55. The molecule has 1 heterocycles. The number of piperidine rings is 1. The molecule has 0 aromatic heterocycles. The predicted octanol–water partition coefficient (Wildman–Crippen LogP) is 3.37. The van der Waals surface area contributed by atoms with Gasteiger partial charge in [0.05, 0.1) is 5.60 Å². The number of carbonyl (C=O) groups excluding carboxylic acids is 1. The summed E-state index contributed by atoms with van der Waals surface area (Å²) in [5, 5.41) is 13.6. The molecule has 0 aliphatic carbocycles. The lowest BCUT2D eigenvalue weighted by Gasteiger charge is -2.35. The van der Waals surface area contributed by atoms with Crippen molar-refractivity contribution >= 4 is 34.9 Å². The highest BCUT2D eigenvalue weighted by molar-refractivity contribution is 6.35. The lowest BCUT2D eigenvalue weighted by Crippen LogP contribution is -2.46. The highest BCUT2D eigenvalue weighted by Crippen LogP contribution is 2.24. The van der Waals surface area contributed by atoms with Crippen molar-refractivity contribution in [3.8, 4) is 0 Å². The van der Waals surface area contributed by atoms with E-state index < -0.39 is 5.60 Å². The lowest BCUT2D eigenvalue weighted by molar-refractivity contribution is 0.00570. The Morgan fingerprint density at radius 1 is 1.26 bits per heavy atom. The van der Waals surface area contributed by atoms with E-state index in [4.69, 9.17) is 23.2 Å². The third-order valence-corrected chi connectivity index (χ3v) is 3.68. The van der Waals surface area contributed by atoms with Crippen LogP contribution >= 0.6 is 23.2 Å². The van der Waals surface area contributed by atoms with Gasteiger partial charge < -0.3 is 15.3 Å². The van der Waals surface area contributed by atoms with E-state index in [2.05, 4.69) is 5.32 Å². The smallest absolute Gasteiger partial charge is 0.321 e. The van der Waals surface area contributed by atoms with Crippen molar-refractivity contribution in [2.75, 3.05) is 18.4 Å². The molecule has 6 heteroatoms. The maximum absolute atomic E-state index is 12.0. The number of anilines is 1. The van der Waals surface area contributed by atoms with Crippen LogP contribution in [-0.2, 0) is 0 Å². The fourth-order valence-electron chi connectivity index (χ4n) is 2.02. The van der Waals surface area contributed by atoms with Crippen molar-refractivity contribution in [2.24, 2.45) is 0 Å². The first-order valence-corrected chi connectivity index (χ1v) is 6.86.